The normalized spacial score (nSPS) is 15.7. The van der Waals surface area contributed by atoms with Crippen LogP contribution in [0.3, 0.4) is 0 Å². The standard InChI is InChI=1S/C10H20O/c1-8(2)7-9(3)5-6-10(4)11/h7,9-11H,5-6H2,1-4H3. The summed E-state index contributed by atoms with van der Waals surface area (Å²) in [5.41, 5.74) is 1.36. The molecule has 0 bridgehead atoms. The second-order valence-electron chi connectivity index (χ2n) is 3.65. The lowest BCUT2D eigenvalue weighted by molar-refractivity contribution is 0.177. The zero-order chi connectivity index (χ0) is 8.85. The average molecular weight is 156 g/mol. The van der Waals surface area contributed by atoms with Crippen LogP contribution in [0.15, 0.2) is 11.6 Å². The molecule has 2 unspecified atom stereocenters. The van der Waals surface area contributed by atoms with Gasteiger partial charge in [0.05, 0.1) is 6.10 Å². The van der Waals surface area contributed by atoms with Crippen molar-refractivity contribution in [1.29, 1.82) is 0 Å². The van der Waals surface area contributed by atoms with Crippen molar-refractivity contribution >= 4 is 0 Å². The first-order valence-corrected chi connectivity index (χ1v) is 4.35. The predicted octanol–water partition coefficient (Wildman–Crippen LogP) is 2.75. The average Bonchev–Trinajstić information content (AvgIpc) is 1.82. The van der Waals surface area contributed by atoms with E-state index in [1.165, 1.54) is 5.57 Å². The molecular formula is C10H20O. The molecule has 0 aliphatic heterocycles. The first-order chi connectivity index (χ1) is 5.02. The molecule has 0 spiro atoms. The lowest BCUT2D eigenvalue weighted by Gasteiger charge is -2.08. The van der Waals surface area contributed by atoms with Crippen molar-refractivity contribution in [3.63, 3.8) is 0 Å². The van der Waals surface area contributed by atoms with Crippen molar-refractivity contribution in [2.75, 3.05) is 0 Å². The fourth-order valence-corrected chi connectivity index (χ4v) is 1.16. The Morgan fingerprint density at radius 2 is 1.82 bits per heavy atom. The molecule has 0 rings (SSSR count). The van der Waals surface area contributed by atoms with E-state index < -0.39 is 0 Å². The van der Waals surface area contributed by atoms with Crippen LogP contribution >= 0.6 is 0 Å². The first kappa shape index (κ1) is 10.7. The van der Waals surface area contributed by atoms with Crippen LogP contribution in [0.2, 0.25) is 0 Å². The highest BCUT2D eigenvalue weighted by atomic mass is 16.3. The van der Waals surface area contributed by atoms with Gasteiger partial charge in [-0.3, -0.25) is 0 Å². The summed E-state index contributed by atoms with van der Waals surface area (Å²) in [5, 5.41) is 9.01. The van der Waals surface area contributed by atoms with E-state index in [-0.39, 0.29) is 6.10 Å². The molecule has 66 valence electrons. The third-order valence-corrected chi connectivity index (χ3v) is 1.66. The molecule has 0 fully saturated rings. The van der Waals surface area contributed by atoms with Gasteiger partial charge in [0.1, 0.15) is 0 Å². The van der Waals surface area contributed by atoms with E-state index in [0.29, 0.717) is 5.92 Å². The van der Waals surface area contributed by atoms with Crippen molar-refractivity contribution < 1.29 is 5.11 Å². The molecular weight excluding hydrogens is 136 g/mol. The van der Waals surface area contributed by atoms with Crippen LogP contribution in [-0.4, -0.2) is 11.2 Å². The predicted molar refractivity (Wildman–Crippen MR) is 49.5 cm³/mol. The van der Waals surface area contributed by atoms with Crippen molar-refractivity contribution in [1.82, 2.24) is 0 Å². The Labute approximate surface area is 70.1 Å². The number of aliphatic hydroxyl groups is 1. The summed E-state index contributed by atoms with van der Waals surface area (Å²) in [6.45, 7) is 8.25. The number of rotatable bonds is 4. The Bertz CT molecular complexity index is 121. The molecule has 0 heterocycles. The molecule has 0 amide bonds. The summed E-state index contributed by atoms with van der Waals surface area (Å²) in [5.74, 6) is 0.606. The van der Waals surface area contributed by atoms with Crippen molar-refractivity contribution in [2.45, 2.75) is 46.6 Å². The molecule has 0 saturated heterocycles. The Balaban J connectivity index is 3.53. The van der Waals surface area contributed by atoms with Gasteiger partial charge in [0, 0.05) is 0 Å². The van der Waals surface area contributed by atoms with Gasteiger partial charge in [-0.15, -0.1) is 0 Å². The second kappa shape index (κ2) is 5.36. The SMILES string of the molecule is CC(C)=CC(C)CCC(C)O. The van der Waals surface area contributed by atoms with E-state index in [0.717, 1.165) is 12.8 Å². The number of allylic oxidation sites excluding steroid dienone is 2. The Hall–Kier alpha value is -0.300. The van der Waals surface area contributed by atoms with Gasteiger partial charge in [-0.1, -0.05) is 18.6 Å². The highest BCUT2D eigenvalue weighted by molar-refractivity contribution is 4.95. The molecule has 11 heavy (non-hydrogen) atoms. The molecule has 1 N–H and O–H groups in total. The van der Waals surface area contributed by atoms with Gasteiger partial charge in [-0.25, -0.2) is 0 Å². The summed E-state index contributed by atoms with van der Waals surface area (Å²) < 4.78 is 0. The molecule has 0 aromatic carbocycles. The Kier molecular flexibility index (Phi) is 5.22. The summed E-state index contributed by atoms with van der Waals surface area (Å²) in [7, 11) is 0. The van der Waals surface area contributed by atoms with Crippen LogP contribution in [0.5, 0.6) is 0 Å². The topological polar surface area (TPSA) is 20.2 Å². The lowest BCUT2D eigenvalue weighted by atomic mass is 10.0. The van der Waals surface area contributed by atoms with E-state index in [1.807, 2.05) is 6.92 Å². The molecule has 0 aliphatic rings. The summed E-state index contributed by atoms with van der Waals surface area (Å²) in [4.78, 5) is 0. The fourth-order valence-electron chi connectivity index (χ4n) is 1.16. The van der Waals surface area contributed by atoms with Gasteiger partial charge in [0.25, 0.3) is 0 Å². The molecule has 0 aliphatic carbocycles. The van der Waals surface area contributed by atoms with Gasteiger partial charge >= 0.3 is 0 Å². The van der Waals surface area contributed by atoms with E-state index in [2.05, 4.69) is 26.8 Å². The van der Waals surface area contributed by atoms with Crippen LogP contribution < -0.4 is 0 Å². The van der Waals surface area contributed by atoms with Crippen LogP contribution in [0, 0.1) is 5.92 Å². The van der Waals surface area contributed by atoms with Gasteiger partial charge in [-0.2, -0.15) is 0 Å². The zero-order valence-electron chi connectivity index (χ0n) is 8.09. The number of aliphatic hydroxyl groups excluding tert-OH is 1. The van der Waals surface area contributed by atoms with E-state index >= 15 is 0 Å². The van der Waals surface area contributed by atoms with E-state index in [1.54, 1.807) is 0 Å². The van der Waals surface area contributed by atoms with Crippen LogP contribution in [0.25, 0.3) is 0 Å². The quantitative estimate of drug-likeness (QED) is 0.620. The first-order valence-electron chi connectivity index (χ1n) is 4.35. The second-order valence-corrected chi connectivity index (χ2v) is 3.65. The third-order valence-electron chi connectivity index (χ3n) is 1.66. The van der Waals surface area contributed by atoms with Crippen molar-refractivity contribution in [3.8, 4) is 0 Å². The highest BCUT2D eigenvalue weighted by Crippen LogP contribution is 2.11. The van der Waals surface area contributed by atoms with Crippen molar-refractivity contribution in [3.05, 3.63) is 11.6 Å². The molecule has 2 atom stereocenters. The molecule has 1 nitrogen and oxygen atoms in total. The van der Waals surface area contributed by atoms with E-state index in [4.69, 9.17) is 5.11 Å². The van der Waals surface area contributed by atoms with Gasteiger partial charge in [0.2, 0.25) is 0 Å². The minimum atomic E-state index is -0.150. The van der Waals surface area contributed by atoms with Crippen LogP contribution in [0.1, 0.15) is 40.5 Å². The molecule has 0 saturated carbocycles. The minimum Gasteiger partial charge on any atom is -0.393 e. The monoisotopic (exact) mass is 156 g/mol. The van der Waals surface area contributed by atoms with Crippen molar-refractivity contribution in [2.24, 2.45) is 5.92 Å². The molecule has 0 aromatic rings. The minimum absolute atomic E-state index is 0.150. The number of hydrogen-bond acceptors (Lipinski definition) is 1. The van der Waals surface area contributed by atoms with Gasteiger partial charge in [-0.05, 0) is 39.5 Å². The maximum absolute atomic E-state index is 9.01. The maximum atomic E-state index is 9.01. The largest absolute Gasteiger partial charge is 0.393 e. The maximum Gasteiger partial charge on any atom is 0.0512 e. The molecule has 1 heteroatoms. The lowest BCUT2D eigenvalue weighted by Crippen LogP contribution is -2.02. The Morgan fingerprint density at radius 3 is 2.18 bits per heavy atom. The molecule has 0 radical (unpaired) electrons. The highest BCUT2D eigenvalue weighted by Gasteiger charge is 2.00. The smallest absolute Gasteiger partial charge is 0.0512 e. The van der Waals surface area contributed by atoms with E-state index in [9.17, 15) is 0 Å². The third kappa shape index (κ3) is 7.60. The summed E-state index contributed by atoms with van der Waals surface area (Å²) in [6, 6.07) is 0. The number of hydrogen-bond donors (Lipinski definition) is 1. The zero-order valence-corrected chi connectivity index (χ0v) is 8.09. The Morgan fingerprint density at radius 1 is 1.27 bits per heavy atom. The van der Waals surface area contributed by atoms with Gasteiger partial charge < -0.3 is 5.11 Å². The summed E-state index contributed by atoms with van der Waals surface area (Å²) in [6.07, 6.45) is 4.10. The fraction of sp³-hybridized carbons (Fsp3) is 0.800. The summed E-state index contributed by atoms with van der Waals surface area (Å²) >= 11 is 0. The van der Waals surface area contributed by atoms with Crippen LogP contribution in [0.4, 0.5) is 0 Å². The van der Waals surface area contributed by atoms with Crippen LogP contribution in [-0.2, 0) is 0 Å². The van der Waals surface area contributed by atoms with Gasteiger partial charge in [0.15, 0.2) is 0 Å². The molecule has 0 aromatic heterocycles.